The van der Waals surface area contributed by atoms with E-state index in [1.807, 2.05) is 17.0 Å². The fraction of sp³-hybridized carbons (Fsp3) is 0.556. The average molecular weight is 330 g/mol. The number of carbonyl (C=O) groups is 2. The topological polar surface area (TPSA) is 59.1 Å². The van der Waals surface area contributed by atoms with E-state index in [1.54, 1.807) is 13.1 Å². The van der Waals surface area contributed by atoms with Crippen molar-refractivity contribution in [3.05, 3.63) is 29.3 Å². The van der Waals surface area contributed by atoms with Crippen molar-refractivity contribution in [1.29, 1.82) is 0 Å². The predicted octanol–water partition coefficient (Wildman–Crippen LogP) is 1.88. The van der Waals surface area contributed by atoms with Crippen LogP contribution in [0.5, 0.6) is 0 Å². The number of fused-ring (bicyclic) bond motifs is 2. The molecule has 3 aliphatic rings. The summed E-state index contributed by atoms with van der Waals surface area (Å²) in [5.74, 6) is -1.74. The first kappa shape index (κ1) is 15.6. The van der Waals surface area contributed by atoms with Crippen LogP contribution in [0.2, 0.25) is 0 Å². The number of anilines is 1. The molecule has 3 heterocycles. The number of carbonyl (C=O) groups excluding carboxylic acids is 2. The molecule has 0 aliphatic carbocycles. The number of benzene rings is 1. The van der Waals surface area contributed by atoms with Gasteiger partial charge in [-0.2, -0.15) is 0 Å². The van der Waals surface area contributed by atoms with E-state index in [0.29, 0.717) is 30.0 Å². The average Bonchev–Trinajstić information content (AvgIpc) is 2.85. The monoisotopic (exact) mass is 330 g/mol. The summed E-state index contributed by atoms with van der Waals surface area (Å²) in [5.41, 5.74) is 1.80. The van der Waals surface area contributed by atoms with Gasteiger partial charge in [-0.05, 0) is 37.8 Å². The maximum atomic E-state index is 13.1. The van der Waals surface area contributed by atoms with E-state index in [1.165, 1.54) is 4.90 Å². The lowest BCUT2D eigenvalue weighted by Crippen LogP contribution is -2.47. The molecule has 2 amide bonds. The molecule has 0 saturated carbocycles. The first-order chi connectivity index (χ1) is 11.6. The Morgan fingerprint density at radius 3 is 2.50 bits per heavy atom. The summed E-state index contributed by atoms with van der Waals surface area (Å²) in [6.07, 6.45) is 3.96. The van der Waals surface area contributed by atoms with Gasteiger partial charge in [-0.1, -0.05) is 6.07 Å². The molecule has 6 nitrogen and oxygen atoms in total. The van der Waals surface area contributed by atoms with Crippen molar-refractivity contribution < 1.29 is 19.1 Å². The van der Waals surface area contributed by atoms with Gasteiger partial charge in [-0.15, -0.1) is 0 Å². The molecule has 0 radical (unpaired) electrons. The van der Waals surface area contributed by atoms with Crippen molar-refractivity contribution >= 4 is 17.5 Å². The molecule has 2 saturated heterocycles. The minimum atomic E-state index is -1.45. The molecule has 24 heavy (non-hydrogen) atoms. The van der Waals surface area contributed by atoms with Gasteiger partial charge in [0.25, 0.3) is 17.6 Å². The van der Waals surface area contributed by atoms with Crippen molar-refractivity contribution in [3.8, 4) is 0 Å². The van der Waals surface area contributed by atoms with Gasteiger partial charge >= 0.3 is 0 Å². The van der Waals surface area contributed by atoms with Crippen LogP contribution in [-0.2, 0) is 20.1 Å². The van der Waals surface area contributed by atoms with Crippen LogP contribution in [0.25, 0.3) is 0 Å². The van der Waals surface area contributed by atoms with E-state index in [0.717, 1.165) is 38.8 Å². The first-order valence-corrected chi connectivity index (χ1v) is 8.64. The van der Waals surface area contributed by atoms with Gasteiger partial charge < -0.3 is 19.3 Å². The number of hydrogen-bond acceptors (Lipinski definition) is 4. The van der Waals surface area contributed by atoms with Gasteiger partial charge in [-0.25, -0.2) is 0 Å². The molecule has 3 aliphatic heterocycles. The van der Waals surface area contributed by atoms with Gasteiger partial charge in [0.15, 0.2) is 0 Å². The summed E-state index contributed by atoms with van der Waals surface area (Å²) >= 11 is 0. The number of ether oxygens (including phenoxy) is 2. The van der Waals surface area contributed by atoms with Crippen molar-refractivity contribution in [2.24, 2.45) is 0 Å². The van der Waals surface area contributed by atoms with Crippen molar-refractivity contribution in [2.75, 3.05) is 38.3 Å². The van der Waals surface area contributed by atoms with Gasteiger partial charge in [0.05, 0.1) is 30.0 Å². The molecule has 128 valence electrons. The summed E-state index contributed by atoms with van der Waals surface area (Å²) in [6, 6.07) is 5.45. The molecule has 0 unspecified atom stereocenters. The van der Waals surface area contributed by atoms with E-state index in [9.17, 15) is 9.59 Å². The third kappa shape index (κ3) is 2.17. The molecule has 1 aromatic rings. The summed E-state index contributed by atoms with van der Waals surface area (Å²) in [5, 5.41) is 0. The highest BCUT2D eigenvalue weighted by atomic mass is 16.7. The van der Waals surface area contributed by atoms with E-state index in [-0.39, 0.29) is 11.8 Å². The van der Waals surface area contributed by atoms with Crippen LogP contribution in [-0.4, -0.2) is 50.1 Å². The van der Waals surface area contributed by atoms with Crippen LogP contribution in [0.3, 0.4) is 0 Å². The van der Waals surface area contributed by atoms with E-state index in [2.05, 4.69) is 0 Å². The number of hydrogen-bond donors (Lipinski definition) is 0. The molecule has 4 rings (SSSR count). The zero-order valence-electron chi connectivity index (χ0n) is 13.9. The van der Waals surface area contributed by atoms with Crippen LogP contribution in [0.1, 0.15) is 41.6 Å². The predicted molar refractivity (Wildman–Crippen MR) is 87.8 cm³/mol. The summed E-state index contributed by atoms with van der Waals surface area (Å²) in [4.78, 5) is 29.3. The normalized spacial score (nSPS) is 22.8. The molecule has 6 heteroatoms. The maximum Gasteiger partial charge on any atom is 0.292 e. The molecule has 1 aromatic carbocycles. The van der Waals surface area contributed by atoms with Crippen molar-refractivity contribution in [1.82, 2.24) is 4.90 Å². The SMILES string of the molecule is CN1C(=O)C2(OCCCO2)c2c(C(=O)N3CCCCC3)cccc21. The number of likely N-dealkylation sites (tertiary alicyclic amines) is 1. The van der Waals surface area contributed by atoms with Crippen LogP contribution in [0, 0.1) is 0 Å². The largest absolute Gasteiger partial charge is 0.339 e. The lowest BCUT2D eigenvalue weighted by atomic mass is 9.97. The van der Waals surface area contributed by atoms with Gasteiger partial charge in [0.2, 0.25) is 0 Å². The van der Waals surface area contributed by atoms with Crippen molar-refractivity contribution in [3.63, 3.8) is 0 Å². The van der Waals surface area contributed by atoms with Gasteiger partial charge in [0.1, 0.15) is 0 Å². The number of rotatable bonds is 1. The quantitative estimate of drug-likeness (QED) is 0.789. The second-order valence-corrected chi connectivity index (χ2v) is 6.58. The Balaban J connectivity index is 1.81. The number of piperidine rings is 1. The third-order valence-corrected chi connectivity index (χ3v) is 5.09. The van der Waals surface area contributed by atoms with Crippen LogP contribution in [0.4, 0.5) is 5.69 Å². The van der Waals surface area contributed by atoms with Crippen LogP contribution < -0.4 is 4.90 Å². The second kappa shape index (κ2) is 5.86. The Bertz CT molecular complexity index is 676. The fourth-order valence-electron chi connectivity index (χ4n) is 3.85. The van der Waals surface area contributed by atoms with Crippen LogP contribution in [0.15, 0.2) is 18.2 Å². The lowest BCUT2D eigenvalue weighted by molar-refractivity contribution is -0.256. The van der Waals surface area contributed by atoms with E-state index < -0.39 is 5.79 Å². The highest BCUT2D eigenvalue weighted by molar-refractivity contribution is 6.10. The smallest absolute Gasteiger partial charge is 0.292 e. The van der Waals surface area contributed by atoms with E-state index in [4.69, 9.17) is 9.47 Å². The third-order valence-electron chi connectivity index (χ3n) is 5.09. The molecular formula is C18H22N2O4. The zero-order chi connectivity index (χ0) is 16.7. The molecular weight excluding hydrogens is 308 g/mol. The van der Waals surface area contributed by atoms with E-state index >= 15 is 0 Å². The minimum Gasteiger partial charge on any atom is -0.339 e. The van der Waals surface area contributed by atoms with Gasteiger partial charge in [-0.3, -0.25) is 9.59 Å². The first-order valence-electron chi connectivity index (χ1n) is 8.64. The molecule has 1 spiro atoms. The molecule has 2 fully saturated rings. The molecule has 0 atom stereocenters. The van der Waals surface area contributed by atoms with Gasteiger partial charge in [0, 0.05) is 20.1 Å². The number of nitrogens with zero attached hydrogens (tertiary/aromatic N) is 2. The highest BCUT2D eigenvalue weighted by Crippen LogP contribution is 2.46. The molecule has 0 bridgehead atoms. The van der Waals surface area contributed by atoms with Crippen molar-refractivity contribution in [2.45, 2.75) is 31.5 Å². The second-order valence-electron chi connectivity index (χ2n) is 6.58. The Kier molecular flexibility index (Phi) is 3.81. The number of amides is 2. The Morgan fingerprint density at radius 1 is 1.08 bits per heavy atom. The lowest BCUT2D eigenvalue weighted by Gasteiger charge is -2.34. The minimum absolute atomic E-state index is 0.0354. The fourth-order valence-corrected chi connectivity index (χ4v) is 3.85. The number of likely N-dealkylation sites (N-methyl/N-ethyl adjacent to an activating group) is 1. The Hall–Kier alpha value is -1.92. The maximum absolute atomic E-state index is 13.1. The summed E-state index contributed by atoms with van der Waals surface area (Å²) in [7, 11) is 1.70. The Labute approximate surface area is 141 Å². The molecule has 0 aromatic heterocycles. The Morgan fingerprint density at radius 2 is 1.79 bits per heavy atom. The van der Waals surface area contributed by atoms with Crippen LogP contribution >= 0.6 is 0 Å². The molecule has 0 N–H and O–H groups in total. The summed E-state index contributed by atoms with van der Waals surface area (Å²) < 4.78 is 11.7. The summed E-state index contributed by atoms with van der Waals surface area (Å²) in [6.45, 7) is 2.43. The standard InChI is InChI=1S/C18H22N2O4/c1-19-14-8-5-7-13(16(21)20-9-3-2-4-10-20)15(14)18(17(19)22)23-11-6-12-24-18/h5,7-8H,2-4,6,9-12H2,1H3. The zero-order valence-corrected chi connectivity index (χ0v) is 13.9. The highest BCUT2D eigenvalue weighted by Gasteiger charge is 2.55.